The van der Waals surface area contributed by atoms with Crippen LogP contribution in [0.3, 0.4) is 0 Å². The van der Waals surface area contributed by atoms with Crippen molar-refractivity contribution in [3.63, 3.8) is 0 Å². The first-order chi connectivity index (χ1) is 11.3. The molecule has 0 atom stereocenters. The van der Waals surface area contributed by atoms with Gasteiger partial charge < -0.3 is 9.88 Å². The largest absolute Gasteiger partial charge is 0.433 e. The molecule has 0 amide bonds. The van der Waals surface area contributed by atoms with Crippen LogP contribution < -0.4 is 4.90 Å². The van der Waals surface area contributed by atoms with Crippen LogP contribution in [0.25, 0.3) is 10.9 Å². The Bertz CT molecular complexity index is 860. The second-order valence-electron chi connectivity index (χ2n) is 5.42. The molecule has 8 heteroatoms. The third kappa shape index (κ3) is 3.46. The summed E-state index contributed by atoms with van der Waals surface area (Å²) in [5.74, 6) is 0.0442. The highest BCUT2D eigenvalue weighted by Gasteiger charge is 2.33. The summed E-state index contributed by atoms with van der Waals surface area (Å²) in [6, 6.07) is 6.41. The number of anilines is 1. The van der Waals surface area contributed by atoms with Gasteiger partial charge in [0.25, 0.3) is 0 Å². The summed E-state index contributed by atoms with van der Waals surface area (Å²) in [5.41, 5.74) is 1.05. The SMILES string of the molecule is CN(CCc1c[nH]c2ccc(Cl)cc12)c1nccc(C(F)(F)F)n1. The van der Waals surface area contributed by atoms with E-state index in [0.29, 0.717) is 18.0 Å². The fourth-order valence-electron chi connectivity index (χ4n) is 2.44. The van der Waals surface area contributed by atoms with Gasteiger partial charge in [0.15, 0.2) is 0 Å². The molecule has 0 fully saturated rings. The minimum Gasteiger partial charge on any atom is -0.361 e. The number of alkyl halides is 3. The van der Waals surface area contributed by atoms with E-state index in [1.54, 1.807) is 18.0 Å². The van der Waals surface area contributed by atoms with Gasteiger partial charge in [-0.05, 0) is 36.2 Å². The molecule has 1 aromatic carbocycles. The highest BCUT2D eigenvalue weighted by molar-refractivity contribution is 6.31. The van der Waals surface area contributed by atoms with Crippen LogP contribution in [0.2, 0.25) is 5.02 Å². The van der Waals surface area contributed by atoms with E-state index in [2.05, 4.69) is 15.0 Å². The van der Waals surface area contributed by atoms with Crippen LogP contribution >= 0.6 is 11.6 Å². The average molecular weight is 355 g/mol. The number of rotatable bonds is 4. The molecular formula is C16H14ClF3N4. The Morgan fingerprint density at radius 3 is 2.79 bits per heavy atom. The topological polar surface area (TPSA) is 44.8 Å². The summed E-state index contributed by atoms with van der Waals surface area (Å²) in [4.78, 5) is 12.2. The van der Waals surface area contributed by atoms with Crippen molar-refractivity contribution in [2.24, 2.45) is 0 Å². The molecule has 0 saturated carbocycles. The molecular weight excluding hydrogens is 341 g/mol. The van der Waals surface area contributed by atoms with E-state index in [9.17, 15) is 13.2 Å². The van der Waals surface area contributed by atoms with Crippen molar-refractivity contribution in [3.8, 4) is 0 Å². The van der Waals surface area contributed by atoms with E-state index < -0.39 is 11.9 Å². The minimum atomic E-state index is -4.48. The minimum absolute atomic E-state index is 0.0442. The monoisotopic (exact) mass is 354 g/mol. The number of fused-ring (bicyclic) bond motifs is 1. The third-order valence-corrected chi connectivity index (χ3v) is 3.96. The molecule has 0 aliphatic carbocycles. The van der Waals surface area contributed by atoms with E-state index in [-0.39, 0.29) is 5.95 Å². The third-order valence-electron chi connectivity index (χ3n) is 3.72. The predicted molar refractivity (Wildman–Crippen MR) is 87.3 cm³/mol. The van der Waals surface area contributed by atoms with Gasteiger partial charge in [-0.3, -0.25) is 0 Å². The quantitative estimate of drug-likeness (QED) is 0.759. The number of hydrogen-bond donors (Lipinski definition) is 1. The molecule has 2 aromatic heterocycles. The van der Waals surface area contributed by atoms with Crippen molar-refractivity contribution in [2.75, 3.05) is 18.5 Å². The van der Waals surface area contributed by atoms with E-state index in [0.717, 1.165) is 28.7 Å². The molecule has 0 spiro atoms. The fraction of sp³-hybridized carbons (Fsp3) is 0.250. The van der Waals surface area contributed by atoms with Gasteiger partial charge in [0.2, 0.25) is 5.95 Å². The van der Waals surface area contributed by atoms with Crippen LogP contribution in [-0.4, -0.2) is 28.5 Å². The zero-order valence-corrected chi connectivity index (χ0v) is 13.5. The number of nitrogens with zero attached hydrogens (tertiary/aromatic N) is 3. The van der Waals surface area contributed by atoms with Crippen molar-refractivity contribution in [1.82, 2.24) is 15.0 Å². The molecule has 0 unspecified atom stereocenters. The van der Waals surface area contributed by atoms with Crippen molar-refractivity contribution in [1.29, 1.82) is 0 Å². The number of halogens is 4. The maximum absolute atomic E-state index is 12.7. The summed E-state index contributed by atoms with van der Waals surface area (Å²) in [6.45, 7) is 0.473. The first kappa shape index (κ1) is 16.6. The lowest BCUT2D eigenvalue weighted by Gasteiger charge is -2.17. The first-order valence-electron chi connectivity index (χ1n) is 7.21. The van der Waals surface area contributed by atoms with Crippen LogP contribution in [0.5, 0.6) is 0 Å². The maximum Gasteiger partial charge on any atom is 0.433 e. The Morgan fingerprint density at radius 2 is 2.04 bits per heavy atom. The van der Waals surface area contributed by atoms with Crippen molar-refractivity contribution < 1.29 is 13.2 Å². The summed E-state index contributed by atoms with van der Waals surface area (Å²) in [7, 11) is 1.66. The van der Waals surface area contributed by atoms with Crippen molar-refractivity contribution in [2.45, 2.75) is 12.6 Å². The van der Waals surface area contributed by atoms with E-state index in [1.165, 1.54) is 0 Å². The predicted octanol–water partition coefficient (Wildman–Crippen LogP) is 4.31. The van der Waals surface area contributed by atoms with Gasteiger partial charge in [-0.1, -0.05) is 11.6 Å². The lowest BCUT2D eigenvalue weighted by atomic mass is 10.1. The van der Waals surface area contributed by atoms with Crippen LogP contribution in [0.15, 0.2) is 36.7 Å². The first-order valence-corrected chi connectivity index (χ1v) is 7.59. The number of nitrogens with one attached hydrogen (secondary N) is 1. The van der Waals surface area contributed by atoms with Crippen LogP contribution in [0, 0.1) is 0 Å². The molecule has 24 heavy (non-hydrogen) atoms. The van der Waals surface area contributed by atoms with Gasteiger partial charge in [-0.15, -0.1) is 0 Å². The molecule has 4 nitrogen and oxygen atoms in total. The van der Waals surface area contributed by atoms with Gasteiger partial charge in [0, 0.05) is 41.9 Å². The molecule has 3 aromatic rings. The van der Waals surface area contributed by atoms with E-state index in [4.69, 9.17) is 11.6 Å². The Hall–Kier alpha value is -2.28. The second kappa shape index (κ2) is 6.32. The standard InChI is InChI=1S/C16H14ClF3N4/c1-24(15-21-6-4-14(23-15)16(18,19)20)7-5-10-9-22-13-3-2-11(17)8-12(10)13/h2-4,6,8-9,22H,5,7H2,1H3. The Labute approximate surface area is 141 Å². The van der Waals surface area contributed by atoms with Crippen molar-refractivity contribution >= 4 is 28.5 Å². The molecule has 3 rings (SSSR count). The number of benzene rings is 1. The number of H-pyrrole nitrogens is 1. The average Bonchev–Trinajstić information content (AvgIpc) is 2.94. The molecule has 0 bridgehead atoms. The number of hydrogen-bond acceptors (Lipinski definition) is 3. The van der Waals surface area contributed by atoms with Gasteiger partial charge in [-0.25, -0.2) is 9.97 Å². The van der Waals surface area contributed by atoms with E-state index >= 15 is 0 Å². The van der Waals surface area contributed by atoms with Crippen LogP contribution in [0.1, 0.15) is 11.3 Å². The molecule has 2 heterocycles. The van der Waals surface area contributed by atoms with Crippen LogP contribution in [0.4, 0.5) is 19.1 Å². The lowest BCUT2D eigenvalue weighted by Crippen LogP contribution is -2.23. The second-order valence-corrected chi connectivity index (χ2v) is 5.85. The maximum atomic E-state index is 12.7. The molecule has 126 valence electrons. The van der Waals surface area contributed by atoms with Crippen molar-refractivity contribution in [3.05, 3.63) is 52.9 Å². The van der Waals surface area contributed by atoms with Gasteiger partial charge in [-0.2, -0.15) is 13.2 Å². The number of likely N-dealkylation sites (N-methyl/N-ethyl adjacent to an activating group) is 1. The fourth-order valence-corrected chi connectivity index (χ4v) is 2.61. The normalized spacial score (nSPS) is 11.9. The number of aromatic nitrogens is 3. The Balaban J connectivity index is 1.75. The van der Waals surface area contributed by atoms with Crippen LogP contribution in [-0.2, 0) is 12.6 Å². The smallest absolute Gasteiger partial charge is 0.361 e. The van der Waals surface area contributed by atoms with Gasteiger partial charge in [0.1, 0.15) is 5.69 Å². The summed E-state index contributed by atoms with van der Waals surface area (Å²) in [5, 5.41) is 1.64. The molecule has 0 aliphatic rings. The summed E-state index contributed by atoms with van der Waals surface area (Å²) >= 11 is 6.02. The summed E-state index contributed by atoms with van der Waals surface area (Å²) in [6.07, 6.45) is -0.864. The lowest BCUT2D eigenvalue weighted by molar-refractivity contribution is -0.141. The molecule has 0 aliphatic heterocycles. The Morgan fingerprint density at radius 1 is 1.25 bits per heavy atom. The highest BCUT2D eigenvalue weighted by atomic mass is 35.5. The van der Waals surface area contributed by atoms with Gasteiger partial charge >= 0.3 is 6.18 Å². The summed E-state index contributed by atoms with van der Waals surface area (Å²) < 4.78 is 38.2. The molecule has 1 N–H and O–H groups in total. The zero-order valence-electron chi connectivity index (χ0n) is 12.7. The van der Waals surface area contributed by atoms with E-state index in [1.807, 2.05) is 18.3 Å². The Kier molecular flexibility index (Phi) is 4.36. The zero-order chi connectivity index (χ0) is 17.3. The molecule has 0 saturated heterocycles. The van der Waals surface area contributed by atoms with Gasteiger partial charge in [0.05, 0.1) is 0 Å². The highest BCUT2D eigenvalue weighted by Crippen LogP contribution is 2.28. The number of aromatic amines is 1. The molecule has 0 radical (unpaired) electrons.